The summed E-state index contributed by atoms with van der Waals surface area (Å²) in [5, 5.41) is 0. The van der Waals surface area contributed by atoms with Crippen LogP contribution < -0.4 is 9.47 Å². The van der Waals surface area contributed by atoms with Crippen LogP contribution in [0.5, 0.6) is 11.5 Å². The fourth-order valence-electron chi connectivity index (χ4n) is 5.37. The van der Waals surface area contributed by atoms with E-state index in [1.165, 1.54) is 19.3 Å². The molecular weight excluding hydrogens is 518 g/mol. The van der Waals surface area contributed by atoms with E-state index in [0.29, 0.717) is 18.1 Å². The molecule has 6 heteroatoms. The molecule has 0 saturated carbocycles. The van der Waals surface area contributed by atoms with Crippen LogP contribution in [0.15, 0.2) is 77.3 Å². The summed E-state index contributed by atoms with van der Waals surface area (Å²) in [6.07, 6.45) is 3.24. The summed E-state index contributed by atoms with van der Waals surface area (Å²) in [7, 11) is 1.64. The van der Waals surface area contributed by atoms with E-state index in [4.69, 9.17) is 14.2 Å². The predicted molar refractivity (Wildman–Crippen MR) is 143 cm³/mol. The molecule has 0 unspecified atom stereocenters. The number of carbonyl (C=O) groups excluding carboxylic acids is 1. The van der Waals surface area contributed by atoms with Crippen LogP contribution in [0.1, 0.15) is 48.0 Å². The first-order valence-electron chi connectivity index (χ1n) is 12.7. The molecule has 2 heterocycles. The van der Waals surface area contributed by atoms with Gasteiger partial charge in [-0.15, -0.1) is 0 Å². The van der Waals surface area contributed by atoms with Crippen LogP contribution in [0, 0.1) is 5.92 Å². The lowest BCUT2D eigenvalue weighted by molar-refractivity contribution is -0.145. The lowest BCUT2D eigenvalue weighted by Crippen LogP contribution is -2.37. The summed E-state index contributed by atoms with van der Waals surface area (Å²) in [5.41, 5.74) is 3.09. The highest BCUT2D eigenvalue weighted by molar-refractivity contribution is 9.10. The standard InChI is InChI=1S/C30H32BrNO4/c1-34-27-18-22(14-15-26(27)35-20-21-10-4-2-5-11-21)29-28(23-12-6-7-13-25(23)31)24(30(33)36-29)19-32-16-8-3-9-17-32/h2,4-7,10-15,18,24,28-29H,3,8-9,16-17,19-20H2,1H3/t24-,28+,29-/m0/s1. The fraction of sp³-hybridized carbons (Fsp3) is 0.367. The first kappa shape index (κ1) is 24.8. The molecule has 2 aliphatic heterocycles. The molecule has 0 N–H and O–H groups in total. The molecule has 0 amide bonds. The first-order chi connectivity index (χ1) is 17.6. The topological polar surface area (TPSA) is 48.0 Å². The van der Waals surface area contributed by atoms with Crippen molar-refractivity contribution in [3.8, 4) is 11.5 Å². The first-order valence-corrected chi connectivity index (χ1v) is 13.5. The molecule has 0 bridgehead atoms. The Bertz CT molecular complexity index is 1180. The van der Waals surface area contributed by atoms with Gasteiger partial charge in [-0.3, -0.25) is 4.79 Å². The average molecular weight is 550 g/mol. The van der Waals surface area contributed by atoms with E-state index in [1.807, 2.05) is 66.7 Å². The van der Waals surface area contributed by atoms with Crippen molar-refractivity contribution in [2.45, 2.75) is 37.9 Å². The number of nitrogens with zero attached hydrogens (tertiary/aromatic N) is 1. The molecule has 188 valence electrons. The third kappa shape index (κ3) is 5.45. The Balaban J connectivity index is 1.43. The second-order valence-corrected chi connectivity index (χ2v) is 10.4. The zero-order chi connectivity index (χ0) is 24.9. The summed E-state index contributed by atoms with van der Waals surface area (Å²) in [6, 6.07) is 24.1. The van der Waals surface area contributed by atoms with Crippen LogP contribution in [0.2, 0.25) is 0 Å². The number of hydrogen-bond donors (Lipinski definition) is 0. The molecule has 0 radical (unpaired) electrons. The van der Waals surface area contributed by atoms with Crippen LogP contribution in [0.3, 0.4) is 0 Å². The molecule has 36 heavy (non-hydrogen) atoms. The van der Waals surface area contributed by atoms with E-state index in [0.717, 1.165) is 40.8 Å². The van der Waals surface area contributed by atoms with Crippen molar-refractivity contribution in [2.75, 3.05) is 26.7 Å². The highest BCUT2D eigenvalue weighted by atomic mass is 79.9. The van der Waals surface area contributed by atoms with Gasteiger partial charge in [-0.2, -0.15) is 0 Å². The van der Waals surface area contributed by atoms with Crippen molar-refractivity contribution in [1.29, 1.82) is 0 Å². The van der Waals surface area contributed by atoms with Gasteiger partial charge in [0, 0.05) is 16.9 Å². The Labute approximate surface area is 221 Å². The summed E-state index contributed by atoms with van der Waals surface area (Å²) in [6.45, 7) is 3.25. The van der Waals surface area contributed by atoms with E-state index in [1.54, 1.807) is 7.11 Å². The Morgan fingerprint density at radius 3 is 2.44 bits per heavy atom. The number of methoxy groups -OCH3 is 1. The van der Waals surface area contributed by atoms with E-state index >= 15 is 0 Å². The number of piperidine rings is 1. The maximum atomic E-state index is 13.3. The number of likely N-dealkylation sites (tertiary alicyclic amines) is 1. The zero-order valence-electron chi connectivity index (χ0n) is 20.6. The van der Waals surface area contributed by atoms with Gasteiger partial charge in [0.15, 0.2) is 11.5 Å². The van der Waals surface area contributed by atoms with Crippen molar-refractivity contribution in [1.82, 2.24) is 4.90 Å². The van der Waals surface area contributed by atoms with Gasteiger partial charge in [0.2, 0.25) is 0 Å². The van der Waals surface area contributed by atoms with E-state index in [9.17, 15) is 4.79 Å². The number of halogens is 1. The minimum atomic E-state index is -0.400. The van der Waals surface area contributed by atoms with E-state index in [2.05, 4.69) is 26.9 Å². The molecule has 5 nitrogen and oxygen atoms in total. The molecule has 2 fully saturated rings. The maximum Gasteiger partial charge on any atom is 0.311 e. The lowest BCUT2D eigenvalue weighted by atomic mass is 9.81. The van der Waals surface area contributed by atoms with Crippen molar-refractivity contribution < 1.29 is 19.0 Å². The van der Waals surface area contributed by atoms with Gasteiger partial charge in [0.05, 0.1) is 13.0 Å². The molecule has 3 atom stereocenters. The molecule has 3 aromatic carbocycles. The Morgan fingerprint density at radius 2 is 1.69 bits per heavy atom. The van der Waals surface area contributed by atoms with Gasteiger partial charge >= 0.3 is 5.97 Å². The lowest BCUT2D eigenvalue weighted by Gasteiger charge is -2.30. The van der Waals surface area contributed by atoms with Crippen LogP contribution in [-0.2, 0) is 16.1 Å². The Hall–Kier alpha value is -2.83. The SMILES string of the molecule is COc1cc([C@@H]2OC(=O)[C@@H](CN3CCCCC3)[C@H]2c2ccccc2Br)ccc1OCc1ccccc1. The van der Waals surface area contributed by atoms with Crippen molar-refractivity contribution in [2.24, 2.45) is 5.92 Å². The number of carbonyl (C=O) groups is 1. The molecule has 0 aliphatic carbocycles. The van der Waals surface area contributed by atoms with Gasteiger partial charge in [-0.05, 0) is 60.8 Å². The predicted octanol–water partition coefficient (Wildman–Crippen LogP) is 6.52. The minimum Gasteiger partial charge on any atom is -0.493 e. The normalized spacial score (nSPS) is 22.3. The number of rotatable bonds is 8. The number of cyclic esters (lactones) is 1. The zero-order valence-corrected chi connectivity index (χ0v) is 22.2. The third-order valence-corrected chi connectivity index (χ3v) is 7.95. The Morgan fingerprint density at radius 1 is 0.944 bits per heavy atom. The minimum absolute atomic E-state index is 0.101. The van der Waals surface area contributed by atoms with E-state index in [-0.39, 0.29) is 17.8 Å². The molecule has 5 rings (SSSR count). The van der Waals surface area contributed by atoms with Crippen LogP contribution in [0.25, 0.3) is 0 Å². The van der Waals surface area contributed by atoms with Gasteiger partial charge in [-0.25, -0.2) is 0 Å². The van der Waals surface area contributed by atoms with Crippen LogP contribution in [-0.4, -0.2) is 37.6 Å². The number of benzene rings is 3. The van der Waals surface area contributed by atoms with Gasteiger partial charge in [-0.1, -0.05) is 76.9 Å². The maximum absolute atomic E-state index is 13.3. The van der Waals surface area contributed by atoms with Gasteiger partial charge in [0.25, 0.3) is 0 Å². The average Bonchev–Trinajstić information content (AvgIpc) is 3.24. The summed E-state index contributed by atoms with van der Waals surface area (Å²) >= 11 is 3.74. The summed E-state index contributed by atoms with van der Waals surface area (Å²) in [4.78, 5) is 15.7. The molecule has 3 aromatic rings. The van der Waals surface area contributed by atoms with Crippen molar-refractivity contribution >= 4 is 21.9 Å². The molecule has 0 aromatic heterocycles. The van der Waals surface area contributed by atoms with Crippen molar-refractivity contribution in [3.63, 3.8) is 0 Å². The van der Waals surface area contributed by atoms with Crippen LogP contribution in [0.4, 0.5) is 0 Å². The highest BCUT2D eigenvalue weighted by Crippen LogP contribution is 2.49. The monoisotopic (exact) mass is 549 g/mol. The smallest absolute Gasteiger partial charge is 0.311 e. The molecule has 2 aliphatic rings. The number of esters is 1. The molecule has 0 spiro atoms. The third-order valence-electron chi connectivity index (χ3n) is 7.23. The molecular formula is C30H32BrNO4. The Kier molecular flexibility index (Phi) is 7.93. The van der Waals surface area contributed by atoms with Gasteiger partial charge < -0.3 is 19.1 Å². The number of ether oxygens (including phenoxy) is 3. The molecule has 2 saturated heterocycles. The summed E-state index contributed by atoms with van der Waals surface area (Å²) < 4.78 is 18.9. The summed E-state index contributed by atoms with van der Waals surface area (Å²) in [5.74, 6) is 0.832. The largest absolute Gasteiger partial charge is 0.493 e. The quantitative estimate of drug-likeness (QED) is 0.299. The number of hydrogen-bond acceptors (Lipinski definition) is 5. The second-order valence-electron chi connectivity index (χ2n) is 9.56. The van der Waals surface area contributed by atoms with Crippen LogP contribution >= 0.6 is 15.9 Å². The highest BCUT2D eigenvalue weighted by Gasteiger charge is 2.47. The second kappa shape index (κ2) is 11.5. The van der Waals surface area contributed by atoms with E-state index < -0.39 is 6.10 Å². The fourth-order valence-corrected chi connectivity index (χ4v) is 5.92. The van der Waals surface area contributed by atoms with Gasteiger partial charge in [0.1, 0.15) is 12.7 Å². The van der Waals surface area contributed by atoms with Crippen molar-refractivity contribution in [3.05, 3.63) is 94.0 Å².